The number of nitrogens with zero attached hydrogens (tertiary/aromatic N) is 2. The number of halogens is 2. The zero-order valence-corrected chi connectivity index (χ0v) is 28.9. The molecule has 2 atom stereocenters. The van der Waals surface area contributed by atoms with E-state index in [4.69, 9.17) is 27.9 Å². The maximum absolute atomic E-state index is 14.6. The fourth-order valence-electron chi connectivity index (χ4n) is 4.92. The number of nitrogens with one attached hydrogen (secondary N) is 1. The van der Waals surface area contributed by atoms with Crippen LogP contribution < -0.4 is 14.4 Å². The second kappa shape index (κ2) is 16.7. The molecule has 2 amide bonds. The maximum Gasteiger partial charge on any atom is 0.264 e. The summed E-state index contributed by atoms with van der Waals surface area (Å²) in [6, 6.07) is 27.5. The topological polar surface area (TPSA) is 96.0 Å². The van der Waals surface area contributed by atoms with Gasteiger partial charge in [0.2, 0.25) is 11.8 Å². The summed E-state index contributed by atoms with van der Waals surface area (Å²) in [5, 5.41) is 3.93. The summed E-state index contributed by atoms with van der Waals surface area (Å²) in [7, 11) is -4.26. The van der Waals surface area contributed by atoms with Crippen molar-refractivity contribution >= 4 is 50.7 Å². The summed E-state index contributed by atoms with van der Waals surface area (Å²) in [6.45, 7) is 5.61. The molecule has 0 bridgehead atoms. The van der Waals surface area contributed by atoms with Crippen molar-refractivity contribution in [2.75, 3.05) is 17.5 Å². The molecule has 11 heteroatoms. The molecule has 4 rings (SSSR count). The van der Waals surface area contributed by atoms with Gasteiger partial charge in [-0.1, -0.05) is 72.6 Å². The molecule has 0 saturated heterocycles. The molecule has 1 N–H and O–H groups in total. The van der Waals surface area contributed by atoms with Crippen molar-refractivity contribution in [2.45, 2.75) is 57.1 Å². The number of hydrogen-bond donors (Lipinski definition) is 1. The van der Waals surface area contributed by atoms with Crippen molar-refractivity contribution in [3.8, 4) is 5.75 Å². The number of anilines is 1. The van der Waals surface area contributed by atoms with Gasteiger partial charge in [0.15, 0.2) is 0 Å². The molecule has 0 radical (unpaired) electrons. The van der Waals surface area contributed by atoms with Crippen LogP contribution in [0.2, 0.25) is 10.0 Å². The van der Waals surface area contributed by atoms with Gasteiger partial charge in [0.05, 0.1) is 17.2 Å². The first kappa shape index (κ1) is 35.8. The van der Waals surface area contributed by atoms with Gasteiger partial charge in [-0.3, -0.25) is 13.9 Å². The van der Waals surface area contributed by atoms with E-state index in [1.54, 1.807) is 48.5 Å². The molecule has 4 aromatic rings. The molecule has 2 unspecified atom stereocenters. The highest BCUT2D eigenvalue weighted by atomic mass is 35.5. The molecule has 8 nitrogen and oxygen atoms in total. The van der Waals surface area contributed by atoms with Crippen LogP contribution in [0.4, 0.5) is 5.69 Å². The third-order valence-electron chi connectivity index (χ3n) is 7.65. The molecule has 47 heavy (non-hydrogen) atoms. The SMILES string of the molecule is CCOc1ccc(N(CC(=O)N(Cc2ccc(Cl)cc2)C(Cc2ccccc2)C(=O)NC(C)CC)S(=O)(=O)c2ccc(Cl)cc2)cc1. The van der Waals surface area contributed by atoms with Crippen LogP contribution in [0.15, 0.2) is 108 Å². The Morgan fingerprint density at radius 2 is 1.40 bits per heavy atom. The number of carbonyl (C=O) groups excluding carboxylic acids is 2. The lowest BCUT2D eigenvalue weighted by Crippen LogP contribution is -2.54. The van der Waals surface area contributed by atoms with E-state index in [9.17, 15) is 18.0 Å². The average Bonchev–Trinajstić information content (AvgIpc) is 3.07. The summed E-state index contributed by atoms with van der Waals surface area (Å²) in [5.74, 6) is -0.342. The quantitative estimate of drug-likeness (QED) is 0.143. The lowest BCUT2D eigenvalue weighted by atomic mass is 10.0. The Morgan fingerprint density at radius 1 is 0.809 bits per heavy atom. The van der Waals surface area contributed by atoms with Crippen LogP contribution in [-0.2, 0) is 32.6 Å². The van der Waals surface area contributed by atoms with Gasteiger partial charge in [0, 0.05) is 29.1 Å². The molecular formula is C36H39Cl2N3O5S. The van der Waals surface area contributed by atoms with Crippen LogP contribution >= 0.6 is 23.2 Å². The molecule has 0 spiro atoms. The van der Waals surface area contributed by atoms with E-state index in [2.05, 4.69) is 5.32 Å². The van der Waals surface area contributed by atoms with Gasteiger partial charge in [-0.15, -0.1) is 0 Å². The van der Waals surface area contributed by atoms with Crippen molar-refractivity contribution in [3.63, 3.8) is 0 Å². The fraction of sp³-hybridized carbons (Fsp3) is 0.278. The zero-order valence-electron chi connectivity index (χ0n) is 26.6. The van der Waals surface area contributed by atoms with E-state index in [1.807, 2.05) is 51.1 Å². The number of amides is 2. The Balaban J connectivity index is 1.80. The van der Waals surface area contributed by atoms with Crippen molar-refractivity contribution in [1.29, 1.82) is 0 Å². The Morgan fingerprint density at radius 3 is 1.98 bits per heavy atom. The Kier molecular flexibility index (Phi) is 12.7. The smallest absolute Gasteiger partial charge is 0.264 e. The first-order valence-corrected chi connectivity index (χ1v) is 17.6. The van der Waals surface area contributed by atoms with Gasteiger partial charge in [-0.05, 0) is 92.1 Å². The number of hydrogen-bond acceptors (Lipinski definition) is 5. The molecule has 0 fully saturated rings. The van der Waals surface area contributed by atoms with Crippen molar-refractivity contribution in [1.82, 2.24) is 10.2 Å². The molecule has 248 valence electrons. The number of sulfonamides is 1. The standard InChI is InChI=1S/C36H39Cl2N3O5S/c1-4-26(3)39-36(43)34(23-27-9-7-6-8-10-27)40(24-28-11-13-29(37)14-12-28)35(42)25-41(31-17-19-32(20-18-31)46-5-2)47(44,45)33-21-15-30(38)16-22-33/h6-22,26,34H,4-5,23-25H2,1-3H3,(H,39,43). The second-order valence-electron chi connectivity index (χ2n) is 11.1. The van der Waals surface area contributed by atoms with Gasteiger partial charge in [0.1, 0.15) is 18.3 Å². The molecule has 0 aliphatic rings. The van der Waals surface area contributed by atoms with Crippen LogP contribution in [0.25, 0.3) is 0 Å². The molecule has 0 aliphatic heterocycles. The van der Waals surface area contributed by atoms with Crippen LogP contribution in [0, 0.1) is 0 Å². The van der Waals surface area contributed by atoms with Gasteiger partial charge >= 0.3 is 0 Å². The summed E-state index contributed by atoms with van der Waals surface area (Å²) in [6.07, 6.45) is 0.912. The summed E-state index contributed by atoms with van der Waals surface area (Å²) < 4.78 is 35.0. The minimum absolute atomic E-state index is 0.0387. The van der Waals surface area contributed by atoms with Crippen LogP contribution in [-0.4, -0.2) is 50.4 Å². The third-order valence-corrected chi connectivity index (χ3v) is 9.95. The van der Waals surface area contributed by atoms with E-state index in [0.717, 1.165) is 15.4 Å². The first-order valence-electron chi connectivity index (χ1n) is 15.4. The van der Waals surface area contributed by atoms with Gasteiger partial charge in [0.25, 0.3) is 10.0 Å². The van der Waals surface area contributed by atoms with E-state index in [0.29, 0.717) is 28.8 Å². The fourth-order valence-corrected chi connectivity index (χ4v) is 6.59. The molecule has 0 saturated carbocycles. The predicted molar refractivity (Wildman–Crippen MR) is 187 cm³/mol. The highest BCUT2D eigenvalue weighted by Gasteiger charge is 2.35. The lowest BCUT2D eigenvalue weighted by molar-refractivity contribution is -0.140. The van der Waals surface area contributed by atoms with Gasteiger partial charge in [-0.25, -0.2) is 8.42 Å². The molecule has 4 aromatic carbocycles. The largest absolute Gasteiger partial charge is 0.494 e. The number of rotatable bonds is 15. The minimum Gasteiger partial charge on any atom is -0.494 e. The van der Waals surface area contributed by atoms with Crippen molar-refractivity contribution in [2.24, 2.45) is 0 Å². The summed E-state index contributed by atoms with van der Waals surface area (Å²) in [4.78, 5) is 29.9. The maximum atomic E-state index is 14.6. The normalized spacial score (nSPS) is 12.5. The predicted octanol–water partition coefficient (Wildman–Crippen LogP) is 7.14. The minimum atomic E-state index is -4.26. The van der Waals surface area contributed by atoms with Crippen LogP contribution in [0.1, 0.15) is 38.3 Å². The molecule has 0 heterocycles. The molecule has 0 aromatic heterocycles. The van der Waals surface area contributed by atoms with Gasteiger partial charge in [-0.2, -0.15) is 0 Å². The van der Waals surface area contributed by atoms with Crippen molar-refractivity contribution < 1.29 is 22.7 Å². The van der Waals surface area contributed by atoms with Crippen molar-refractivity contribution in [3.05, 3.63) is 124 Å². The number of benzene rings is 4. The number of carbonyl (C=O) groups is 2. The first-order chi connectivity index (χ1) is 22.5. The summed E-state index contributed by atoms with van der Waals surface area (Å²) in [5.41, 5.74) is 1.83. The zero-order chi connectivity index (χ0) is 34.0. The molecular weight excluding hydrogens is 657 g/mol. The highest BCUT2D eigenvalue weighted by molar-refractivity contribution is 7.92. The Hall–Kier alpha value is -4.05. The number of ether oxygens (including phenoxy) is 1. The molecule has 0 aliphatic carbocycles. The Bertz CT molecular complexity index is 1720. The average molecular weight is 697 g/mol. The Labute approximate surface area is 287 Å². The highest BCUT2D eigenvalue weighted by Crippen LogP contribution is 2.28. The van der Waals surface area contributed by atoms with Crippen LogP contribution in [0.3, 0.4) is 0 Å². The third kappa shape index (κ3) is 9.73. The second-order valence-corrected chi connectivity index (χ2v) is 13.8. The van der Waals surface area contributed by atoms with E-state index in [1.165, 1.54) is 29.2 Å². The van der Waals surface area contributed by atoms with E-state index in [-0.39, 0.29) is 35.5 Å². The van der Waals surface area contributed by atoms with E-state index >= 15 is 0 Å². The van der Waals surface area contributed by atoms with Gasteiger partial charge < -0.3 is 15.0 Å². The van der Waals surface area contributed by atoms with Crippen LogP contribution in [0.5, 0.6) is 5.75 Å². The summed E-state index contributed by atoms with van der Waals surface area (Å²) >= 11 is 12.2. The monoisotopic (exact) mass is 695 g/mol. The van der Waals surface area contributed by atoms with E-state index < -0.39 is 28.5 Å². The lowest BCUT2D eigenvalue weighted by Gasteiger charge is -2.34.